The van der Waals surface area contributed by atoms with Crippen LogP contribution in [0.15, 0.2) is 60.7 Å². The van der Waals surface area contributed by atoms with Crippen molar-refractivity contribution in [1.29, 1.82) is 0 Å². The number of fused-ring (bicyclic) bond motifs is 1. The van der Waals surface area contributed by atoms with Crippen LogP contribution in [-0.4, -0.2) is 27.4 Å². The molecule has 0 amide bonds. The number of rotatable bonds is 7. The van der Waals surface area contributed by atoms with Gasteiger partial charge in [-0.3, -0.25) is 0 Å². The molecule has 0 aliphatic carbocycles. The van der Waals surface area contributed by atoms with Crippen molar-refractivity contribution in [2.75, 3.05) is 6.61 Å². The number of aliphatic carboxylic acids is 1. The molecular formula is C20H19NO4. The maximum atomic E-state index is 10.8. The molecule has 0 saturated carbocycles. The number of aliphatic hydroxyl groups excluding tert-OH is 1. The van der Waals surface area contributed by atoms with Gasteiger partial charge < -0.3 is 19.5 Å². The number of ether oxygens (including phenoxy) is 1. The summed E-state index contributed by atoms with van der Waals surface area (Å²) in [5.74, 6) is -0.265. The predicted molar refractivity (Wildman–Crippen MR) is 96.5 cm³/mol. The lowest BCUT2D eigenvalue weighted by molar-refractivity contribution is -0.131. The Labute approximate surface area is 145 Å². The van der Waals surface area contributed by atoms with Crippen LogP contribution < -0.4 is 4.74 Å². The summed E-state index contributed by atoms with van der Waals surface area (Å²) in [4.78, 5) is 10.8. The molecule has 0 radical (unpaired) electrons. The van der Waals surface area contributed by atoms with Crippen LogP contribution in [-0.2, 0) is 17.9 Å². The molecule has 0 aliphatic rings. The topological polar surface area (TPSA) is 71.7 Å². The molecule has 0 atom stereocenters. The summed E-state index contributed by atoms with van der Waals surface area (Å²) >= 11 is 0. The lowest BCUT2D eigenvalue weighted by Gasteiger charge is -2.08. The maximum Gasteiger partial charge on any atom is 0.328 e. The highest BCUT2D eigenvalue weighted by molar-refractivity contribution is 5.89. The molecule has 3 rings (SSSR count). The Morgan fingerprint density at radius 3 is 2.64 bits per heavy atom. The fraction of sp³-hybridized carbons (Fsp3) is 0.150. The first-order valence-electron chi connectivity index (χ1n) is 7.99. The normalized spacial score (nSPS) is 11.2. The maximum absolute atomic E-state index is 10.8. The van der Waals surface area contributed by atoms with Gasteiger partial charge in [0.2, 0.25) is 0 Å². The van der Waals surface area contributed by atoms with E-state index in [9.17, 15) is 9.90 Å². The van der Waals surface area contributed by atoms with E-state index in [1.165, 1.54) is 6.08 Å². The van der Waals surface area contributed by atoms with Crippen molar-refractivity contribution in [3.05, 3.63) is 71.9 Å². The fourth-order valence-electron chi connectivity index (χ4n) is 2.75. The summed E-state index contributed by atoms with van der Waals surface area (Å²) < 4.78 is 7.72. The van der Waals surface area contributed by atoms with Gasteiger partial charge in [-0.25, -0.2) is 4.79 Å². The highest BCUT2D eigenvalue weighted by Gasteiger charge is 2.08. The zero-order chi connectivity index (χ0) is 17.6. The summed E-state index contributed by atoms with van der Waals surface area (Å²) in [7, 11) is 0. The lowest BCUT2D eigenvalue weighted by Crippen LogP contribution is -2.03. The van der Waals surface area contributed by atoms with Crippen molar-refractivity contribution in [1.82, 2.24) is 4.57 Å². The molecule has 3 aromatic rings. The van der Waals surface area contributed by atoms with Crippen LogP contribution in [0.4, 0.5) is 0 Å². The number of hydrogen-bond acceptors (Lipinski definition) is 3. The Hall–Kier alpha value is -3.05. The van der Waals surface area contributed by atoms with Crippen LogP contribution in [0.2, 0.25) is 0 Å². The van der Waals surface area contributed by atoms with Gasteiger partial charge in [0.05, 0.1) is 6.61 Å². The van der Waals surface area contributed by atoms with E-state index >= 15 is 0 Å². The van der Waals surface area contributed by atoms with Gasteiger partial charge in [-0.2, -0.15) is 0 Å². The van der Waals surface area contributed by atoms with E-state index < -0.39 is 5.97 Å². The highest BCUT2D eigenvalue weighted by atomic mass is 16.5. The fourth-order valence-corrected chi connectivity index (χ4v) is 2.75. The number of carbonyl (C=O) groups is 1. The Morgan fingerprint density at radius 1 is 1.12 bits per heavy atom. The third-order valence-corrected chi connectivity index (χ3v) is 3.87. The van der Waals surface area contributed by atoms with Gasteiger partial charge in [-0.15, -0.1) is 0 Å². The summed E-state index contributed by atoms with van der Waals surface area (Å²) in [6.07, 6.45) is 2.62. The SMILES string of the molecule is O=C(O)/C=C/c1cc2cc(OCc3ccccc3)ccc2n1CCO. The van der Waals surface area contributed by atoms with Crippen LogP contribution in [0.1, 0.15) is 11.3 Å². The minimum atomic E-state index is -1.01. The van der Waals surface area contributed by atoms with Crippen LogP contribution in [0.5, 0.6) is 5.75 Å². The molecule has 2 aromatic carbocycles. The number of aliphatic hydroxyl groups is 1. The lowest BCUT2D eigenvalue weighted by atomic mass is 10.2. The second-order valence-corrected chi connectivity index (χ2v) is 5.61. The van der Waals surface area contributed by atoms with Gasteiger partial charge in [0.15, 0.2) is 0 Å². The quantitative estimate of drug-likeness (QED) is 0.649. The molecule has 0 unspecified atom stereocenters. The highest BCUT2D eigenvalue weighted by Crippen LogP contribution is 2.26. The van der Waals surface area contributed by atoms with E-state index in [2.05, 4.69) is 0 Å². The number of benzene rings is 2. The second kappa shape index (κ2) is 7.68. The van der Waals surface area contributed by atoms with Gasteiger partial charge >= 0.3 is 5.97 Å². The van der Waals surface area contributed by atoms with Gasteiger partial charge in [0, 0.05) is 29.2 Å². The largest absolute Gasteiger partial charge is 0.489 e. The molecule has 0 bridgehead atoms. The molecule has 0 spiro atoms. The van der Waals surface area contributed by atoms with Crippen molar-refractivity contribution in [3.8, 4) is 5.75 Å². The monoisotopic (exact) mass is 337 g/mol. The summed E-state index contributed by atoms with van der Waals surface area (Å²) in [6.45, 7) is 0.854. The summed E-state index contributed by atoms with van der Waals surface area (Å²) in [5, 5.41) is 19.0. The van der Waals surface area contributed by atoms with Crippen LogP contribution in [0.3, 0.4) is 0 Å². The first-order chi connectivity index (χ1) is 12.2. The van der Waals surface area contributed by atoms with E-state index in [1.54, 1.807) is 0 Å². The van der Waals surface area contributed by atoms with Crippen molar-refractivity contribution in [2.24, 2.45) is 0 Å². The average Bonchev–Trinajstić information content (AvgIpc) is 2.96. The van der Waals surface area contributed by atoms with Crippen molar-refractivity contribution in [2.45, 2.75) is 13.2 Å². The standard InChI is InChI=1S/C20H19NO4/c22-11-10-21-17(6-9-20(23)24)12-16-13-18(7-8-19(16)21)25-14-15-4-2-1-3-5-15/h1-9,12-13,22H,10-11,14H2,(H,23,24)/b9-6+. The number of aromatic nitrogens is 1. The van der Waals surface area contributed by atoms with Gasteiger partial charge in [-0.05, 0) is 35.9 Å². The summed E-state index contributed by atoms with van der Waals surface area (Å²) in [5.41, 5.74) is 2.74. The zero-order valence-electron chi connectivity index (χ0n) is 13.6. The summed E-state index contributed by atoms with van der Waals surface area (Å²) in [6, 6.07) is 17.5. The third-order valence-electron chi connectivity index (χ3n) is 3.87. The first kappa shape index (κ1) is 16.8. The van der Waals surface area contributed by atoms with E-state index in [0.29, 0.717) is 13.2 Å². The van der Waals surface area contributed by atoms with Crippen LogP contribution in [0, 0.1) is 0 Å². The predicted octanol–water partition coefficient (Wildman–Crippen LogP) is 3.31. The van der Waals surface area contributed by atoms with Crippen LogP contribution >= 0.6 is 0 Å². The minimum absolute atomic E-state index is 0.0239. The molecule has 25 heavy (non-hydrogen) atoms. The van der Waals surface area contributed by atoms with Gasteiger partial charge in [0.25, 0.3) is 0 Å². The van der Waals surface area contributed by atoms with E-state index in [-0.39, 0.29) is 6.61 Å². The molecule has 0 fully saturated rings. The number of carboxylic acid groups (broad SMARTS) is 1. The first-order valence-corrected chi connectivity index (χ1v) is 7.99. The molecular weight excluding hydrogens is 318 g/mol. The molecule has 1 heterocycles. The Bertz CT molecular complexity index is 897. The Kier molecular flexibility index (Phi) is 5.16. The van der Waals surface area contributed by atoms with Crippen molar-refractivity contribution >= 4 is 22.9 Å². The smallest absolute Gasteiger partial charge is 0.328 e. The van der Waals surface area contributed by atoms with E-state index in [4.69, 9.17) is 9.84 Å². The Balaban J connectivity index is 1.87. The molecule has 2 N–H and O–H groups in total. The van der Waals surface area contributed by atoms with E-state index in [0.717, 1.165) is 34.0 Å². The number of nitrogens with zero attached hydrogens (tertiary/aromatic N) is 1. The van der Waals surface area contributed by atoms with Crippen LogP contribution in [0.25, 0.3) is 17.0 Å². The third kappa shape index (κ3) is 4.08. The van der Waals surface area contributed by atoms with E-state index in [1.807, 2.05) is 59.2 Å². The molecule has 1 aromatic heterocycles. The molecule has 128 valence electrons. The van der Waals surface area contributed by atoms with Gasteiger partial charge in [-0.1, -0.05) is 30.3 Å². The zero-order valence-corrected chi connectivity index (χ0v) is 13.6. The van der Waals surface area contributed by atoms with Gasteiger partial charge in [0.1, 0.15) is 12.4 Å². The molecule has 0 saturated heterocycles. The number of hydrogen-bond donors (Lipinski definition) is 2. The second-order valence-electron chi connectivity index (χ2n) is 5.61. The molecule has 5 heteroatoms. The molecule has 0 aliphatic heterocycles. The Morgan fingerprint density at radius 2 is 1.92 bits per heavy atom. The van der Waals surface area contributed by atoms with Crippen molar-refractivity contribution < 1.29 is 19.7 Å². The number of carboxylic acids is 1. The average molecular weight is 337 g/mol. The van der Waals surface area contributed by atoms with Crippen molar-refractivity contribution in [3.63, 3.8) is 0 Å². The minimum Gasteiger partial charge on any atom is -0.489 e. The molecule has 5 nitrogen and oxygen atoms in total.